The minimum Gasteiger partial charge on any atom is -0.478 e. The number of hydrazine groups is 1. The zero-order valence-electron chi connectivity index (χ0n) is 10.7. The number of nitrogens with one attached hydrogen (secondary N) is 1. The van der Waals surface area contributed by atoms with Crippen molar-refractivity contribution in [3.8, 4) is 0 Å². The number of imide groups is 1. The quantitative estimate of drug-likeness (QED) is 0.841. The molecule has 0 atom stereocenters. The van der Waals surface area contributed by atoms with Crippen molar-refractivity contribution in [2.24, 2.45) is 0 Å². The molecule has 0 saturated carbocycles. The third kappa shape index (κ3) is 2.12. The third-order valence-corrected chi connectivity index (χ3v) is 3.17. The highest BCUT2D eigenvalue weighted by Crippen LogP contribution is 2.23. The van der Waals surface area contributed by atoms with Gasteiger partial charge in [-0.25, -0.2) is 4.79 Å². The van der Waals surface area contributed by atoms with Crippen LogP contribution in [0.2, 0.25) is 0 Å². The number of carbonyl (C=O) groups is 3. The van der Waals surface area contributed by atoms with Gasteiger partial charge in [0, 0.05) is 0 Å². The number of benzene rings is 2. The molecule has 6 nitrogen and oxygen atoms in total. The minimum atomic E-state index is -1.04. The predicted octanol–water partition coefficient (Wildman–Crippen LogP) is 2.01. The zero-order chi connectivity index (χ0) is 15.0. The molecular formula is C15H10N2O4. The molecule has 0 unspecified atom stereocenters. The Morgan fingerprint density at radius 1 is 0.905 bits per heavy atom. The summed E-state index contributed by atoms with van der Waals surface area (Å²) in [6, 6.07) is 12.3. The van der Waals surface area contributed by atoms with Crippen LogP contribution in [0.1, 0.15) is 31.1 Å². The van der Waals surface area contributed by atoms with Crippen molar-refractivity contribution in [2.45, 2.75) is 0 Å². The van der Waals surface area contributed by atoms with Gasteiger partial charge in [0.05, 0.1) is 22.4 Å². The van der Waals surface area contributed by atoms with Crippen molar-refractivity contribution >= 4 is 23.5 Å². The van der Waals surface area contributed by atoms with Gasteiger partial charge in [-0.05, 0) is 36.4 Å². The molecule has 2 aromatic rings. The second-order valence-electron chi connectivity index (χ2n) is 4.49. The molecule has 104 valence electrons. The van der Waals surface area contributed by atoms with Crippen molar-refractivity contribution in [3.05, 3.63) is 65.2 Å². The van der Waals surface area contributed by atoms with E-state index in [1.165, 1.54) is 24.3 Å². The van der Waals surface area contributed by atoms with Crippen LogP contribution in [0.4, 0.5) is 5.69 Å². The first-order chi connectivity index (χ1) is 10.1. The summed E-state index contributed by atoms with van der Waals surface area (Å²) >= 11 is 0. The van der Waals surface area contributed by atoms with Crippen LogP contribution in [0, 0.1) is 0 Å². The average molecular weight is 282 g/mol. The molecule has 1 aliphatic heterocycles. The van der Waals surface area contributed by atoms with E-state index in [0.29, 0.717) is 16.8 Å². The summed E-state index contributed by atoms with van der Waals surface area (Å²) < 4.78 is 0. The summed E-state index contributed by atoms with van der Waals surface area (Å²) in [5.41, 5.74) is 3.96. The maximum atomic E-state index is 12.1. The lowest BCUT2D eigenvalue weighted by Gasteiger charge is -2.16. The zero-order valence-corrected chi connectivity index (χ0v) is 10.7. The highest BCUT2D eigenvalue weighted by Gasteiger charge is 2.35. The van der Waals surface area contributed by atoms with Crippen LogP contribution in [0.15, 0.2) is 48.5 Å². The largest absolute Gasteiger partial charge is 0.478 e. The number of carbonyl (C=O) groups excluding carboxylic acids is 2. The number of rotatable bonds is 3. The van der Waals surface area contributed by atoms with Gasteiger partial charge in [0.2, 0.25) is 0 Å². The molecule has 2 amide bonds. The van der Waals surface area contributed by atoms with Crippen LogP contribution in [-0.4, -0.2) is 27.9 Å². The predicted molar refractivity (Wildman–Crippen MR) is 74.0 cm³/mol. The Hall–Kier alpha value is -3.15. The fourth-order valence-electron chi connectivity index (χ4n) is 2.11. The summed E-state index contributed by atoms with van der Waals surface area (Å²) in [6.07, 6.45) is 0. The van der Waals surface area contributed by atoms with Crippen molar-refractivity contribution in [1.29, 1.82) is 0 Å². The van der Waals surface area contributed by atoms with Gasteiger partial charge < -0.3 is 5.11 Å². The van der Waals surface area contributed by atoms with Crippen LogP contribution in [-0.2, 0) is 0 Å². The van der Waals surface area contributed by atoms with Crippen LogP contribution >= 0.6 is 0 Å². The van der Waals surface area contributed by atoms with Crippen molar-refractivity contribution in [1.82, 2.24) is 5.01 Å². The molecule has 0 aromatic heterocycles. The summed E-state index contributed by atoms with van der Waals surface area (Å²) in [6.45, 7) is 0. The average Bonchev–Trinajstić information content (AvgIpc) is 2.73. The van der Waals surface area contributed by atoms with E-state index in [2.05, 4.69) is 5.43 Å². The van der Waals surface area contributed by atoms with E-state index in [4.69, 9.17) is 5.11 Å². The number of anilines is 1. The molecular weight excluding hydrogens is 272 g/mol. The highest BCUT2D eigenvalue weighted by molar-refractivity contribution is 6.21. The number of fused-ring (bicyclic) bond motifs is 1. The molecule has 0 fully saturated rings. The van der Waals surface area contributed by atoms with Crippen LogP contribution < -0.4 is 5.43 Å². The normalized spacial score (nSPS) is 13.2. The Morgan fingerprint density at radius 3 is 1.90 bits per heavy atom. The second kappa shape index (κ2) is 4.75. The van der Waals surface area contributed by atoms with Gasteiger partial charge in [-0.1, -0.05) is 12.1 Å². The minimum absolute atomic E-state index is 0.128. The Bertz CT molecular complexity index is 718. The van der Waals surface area contributed by atoms with E-state index in [1.807, 2.05) is 0 Å². The van der Waals surface area contributed by atoms with E-state index in [9.17, 15) is 14.4 Å². The lowest BCUT2D eigenvalue weighted by Crippen LogP contribution is -2.35. The summed E-state index contributed by atoms with van der Waals surface area (Å²) in [7, 11) is 0. The Morgan fingerprint density at radius 2 is 1.43 bits per heavy atom. The van der Waals surface area contributed by atoms with E-state index < -0.39 is 17.8 Å². The number of nitrogens with zero attached hydrogens (tertiary/aromatic N) is 1. The molecule has 2 aromatic carbocycles. The number of hydrogen-bond acceptors (Lipinski definition) is 4. The number of aromatic carboxylic acids is 1. The summed E-state index contributed by atoms with van der Waals surface area (Å²) in [5, 5.41) is 9.74. The van der Waals surface area contributed by atoms with Crippen molar-refractivity contribution in [3.63, 3.8) is 0 Å². The molecule has 1 aliphatic rings. The molecule has 3 rings (SSSR count). The van der Waals surface area contributed by atoms with E-state index in [0.717, 1.165) is 5.01 Å². The van der Waals surface area contributed by atoms with Gasteiger partial charge in [-0.3, -0.25) is 15.0 Å². The lowest BCUT2D eigenvalue weighted by molar-refractivity contribution is 0.0679. The van der Waals surface area contributed by atoms with Crippen LogP contribution in [0.5, 0.6) is 0 Å². The molecule has 21 heavy (non-hydrogen) atoms. The smallest absolute Gasteiger partial charge is 0.335 e. The Balaban J connectivity index is 1.85. The molecule has 0 bridgehead atoms. The SMILES string of the molecule is O=C(O)c1ccc(NN2C(=O)c3ccccc3C2=O)cc1. The second-order valence-corrected chi connectivity index (χ2v) is 4.49. The van der Waals surface area contributed by atoms with E-state index in [-0.39, 0.29) is 5.56 Å². The molecule has 1 heterocycles. The summed E-state index contributed by atoms with van der Waals surface area (Å²) in [4.78, 5) is 35.0. The molecule has 0 aliphatic carbocycles. The molecule has 0 radical (unpaired) electrons. The Kier molecular flexibility index (Phi) is 2.91. The van der Waals surface area contributed by atoms with Gasteiger partial charge in [0.15, 0.2) is 0 Å². The van der Waals surface area contributed by atoms with Crippen LogP contribution in [0.3, 0.4) is 0 Å². The van der Waals surface area contributed by atoms with E-state index >= 15 is 0 Å². The molecule has 0 spiro atoms. The molecule has 0 saturated heterocycles. The van der Waals surface area contributed by atoms with Gasteiger partial charge >= 0.3 is 5.97 Å². The van der Waals surface area contributed by atoms with E-state index in [1.54, 1.807) is 24.3 Å². The van der Waals surface area contributed by atoms with Gasteiger partial charge in [0.1, 0.15) is 0 Å². The van der Waals surface area contributed by atoms with Crippen LogP contribution in [0.25, 0.3) is 0 Å². The fourth-order valence-corrected chi connectivity index (χ4v) is 2.11. The molecule has 6 heteroatoms. The number of amides is 2. The van der Waals surface area contributed by atoms with Gasteiger partial charge in [0.25, 0.3) is 11.8 Å². The lowest BCUT2D eigenvalue weighted by atomic mass is 10.1. The number of carboxylic acid groups (broad SMARTS) is 1. The number of hydrogen-bond donors (Lipinski definition) is 2. The van der Waals surface area contributed by atoms with Gasteiger partial charge in [-0.15, -0.1) is 0 Å². The maximum Gasteiger partial charge on any atom is 0.335 e. The topological polar surface area (TPSA) is 86.7 Å². The van der Waals surface area contributed by atoms with Gasteiger partial charge in [-0.2, -0.15) is 5.01 Å². The van der Waals surface area contributed by atoms with Crippen molar-refractivity contribution < 1.29 is 19.5 Å². The monoisotopic (exact) mass is 282 g/mol. The third-order valence-electron chi connectivity index (χ3n) is 3.17. The maximum absolute atomic E-state index is 12.1. The first-order valence-electron chi connectivity index (χ1n) is 6.16. The highest BCUT2D eigenvalue weighted by atomic mass is 16.4. The molecule has 2 N–H and O–H groups in total. The first kappa shape index (κ1) is 12.9. The standard InChI is InChI=1S/C15H10N2O4/c18-13-11-3-1-2-4-12(11)14(19)17(13)16-10-7-5-9(6-8-10)15(20)21/h1-8,16H,(H,20,21). The summed E-state index contributed by atoms with van der Waals surface area (Å²) in [5.74, 6) is -1.90. The number of carboxylic acids is 1. The first-order valence-corrected chi connectivity index (χ1v) is 6.16. The fraction of sp³-hybridized carbons (Fsp3) is 0. The Labute approximate surface area is 119 Å². The van der Waals surface area contributed by atoms with Crippen molar-refractivity contribution in [2.75, 3.05) is 5.43 Å².